The summed E-state index contributed by atoms with van der Waals surface area (Å²) < 4.78 is 5.72. The fourth-order valence-corrected chi connectivity index (χ4v) is 2.92. The number of benzene rings is 1. The summed E-state index contributed by atoms with van der Waals surface area (Å²) in [5.74, 6) is 1.20. The summed E-state index contributed by atoms with van der Waals surface area (Å²) in [6.07, 6.45) is 7.81. The number of nitrogens with zero attached hydrogens (tertiary/aromatic N) is 2. The minimum Gasteiger partial charge on any atom is -0.494 e. The molecular formula is C19H23N3O2. The van der Waals surface area contributed by atoms with Gasteiger partial charge in [-0.1, -0.05) is 25.8 Å². The number of fused-ring (bicyclic) bond motifs is 1. The second-order valence-corrected chi connectivity index (χ2v) is 6.04. The first-order chi connectivity index (χ1) is 11.8. The van der Waals surface area contributed by atoms with Crippen LogP contribution in [0.4, 0.5) is 5.82 Å². The average molecular weight is 325 g/mol. The third-order valence-electron chi connectivity index (χ3n) is 4.22. The molecule has 0 unspecified atom stereocenters. The zero-order chi connectivity index (χ0) is 16.8. The van der Waals surface area contributed by atoms with Crippen molar-refractivity contribution >= 4 is 11.7 Å². The van der Waals surface area contributed by atoms with Crippen molar-refractivity contribution < 1.29 is 9.53 Å². The smallest absolute Gasteiger partial charge is 0.256 e. The Kier molecular flexibility index (Phi) is 5.41. The van der Waals surface area contributed by atoms with Gasteiger partial charge in [-0.2, -0.15) is 0 Å². The molecule has 0 spiro atoms. The number of aromatic nitrogens is 2. The SMILES string of the molecule is CCCCCOc1cccc(C(=O)Nc2ncnc3c2CCC3)c1. The van der Waals surface area contributed by atoms with Crippen LogP contribution in [0.25, 0.3) is 0 Å². The number of nitrogens with one attached hydrogen (secondary N) is 1. The predicted octanol–water partition coefficient (Wildman–Crippen LogP) is 3.79. The number of hydrogen-bond acceptors (Lipinski definition) is 4. The number of ether oxygens (including phenoxy) is 1. The second kappa shape index (κ2) is 7.90. The fourth-order valence-electron chi connectivity index (χ4n) is 2.92. The molecule has 1 aromatic heterocycles. The second-order valence-electron chi connectivity index (χ2n) is 6.04. The number of carbonyl (C=O) groups excluding carboxylic acids is 1. The molecule has 5 heteroatoms. The van der Waals surface area contributed by atoms with Gasteiger partial charge in [0.15, 0.2) is 0 Å². The molecule has 24 heavy (non-hydrogen) atoms. The third kappa shape index (κ3) is 3.91. The maximum Gasteiger partial charge on any atom is 0.256 e. The summed E-state index contributed by atoms with van der Waals surface area (Å²) in [6, 6.07) is 7.29. The highest BCUT2D eigenvalue weighted by Crippen LogP contribution is 2.25. The molecule has 1 N–H and O–H groups in total. The van der Waals surface area contributed by atoms with Gasteiger partial charge in [-0.25, -0.2) is 9.97 Å². The van der Waals surface area contributed by atoms with E-state index in [2.05, 4.69) is 22.2 Å². The molecule has 1 aliphatic carbocycles. The minimum atomic E-state index is -0.165. The Hall–Kier alpha value is -2.43. The van der Waals surface area contributed by atoms with E-state index in [1.807, 2.05) is 12.1 Å². The molecule has 5 nitrogen and oxygen atoms in total. The Balaban J connectivity index is 1.66. The molecule has 0 atom stereocenters. The number of carbonyl (C=O) groups is 1. The Labute approximate surface area is 142 Å². The molecule has 0 radical (unpaired) electrons. The van der Waals surface area contributed by atoms with Crippen LogP contribution in [-0.4, -0.2) is 22.5 Å². The Morgan fingerprint density at radius 3 is 3.04 bits per heavy atom. The molecule has 3 rings (SSSR count). The largest absolute Gasteiger partial charge is 0.494 e. The van der Waals surface area contributed by atoms with Crippen molar-refractivity contribution in [2.24, 2.45) is 0 Å². The number of hydrogen-bond donors (Lipinski definition) is 1. The van der Waals surface area contributed by atoms with Gasteiger partial charge in [0, 0.05) is 16.8 Å². The highest BCUT2D eigenvalue weighted by atomic mass is 16.5. The number of unbranched alkanes of at least 4 members (excludes halogenated alkanes) is 2. The first kappa shape index (κ1) is 16.4. The van der Waals surface area contributed by atoms with Gasteiger partial charge in [-0.3, -0.25) is 4.79 Å². The monoisotopic (exact) mass is 325 g/mol. The average Bonchev–Trinajstić information content (AvgIpc) is 3.09. The maximum atomic E-state index is 12.5. The van der Waals surface area contributed by atoms with E-state index in [9.17, 15) is 4.79 Å². The normalized spacial score (nSPS) is 12.7. The van der Waals surface area contributed by atoms with Gasteiger partial charge in [0.2, 0.25) is 0 Å². The van der Waals surface area contributed by atoms with E-state index < -0.39 is 0 Å². The van der Waals surface area contributed by atoms with E-state index in [1.165, 1.54) is 6.33 Å². The van der Waals surface area contributed by atoms with Crippen molar-refractivity contribution in [3.05, 3.63) is 47.4 Å². The van der Waals surface area contributed by atoms with E-state index in [-0.39, 0.29) is 5.91 Å². The zero-order valence-electron chi connectivity index (χ0n) is 14.0. The predicted molar refractivity (Wildman–Crippen MR) is 93.5 cm³/mol. The lowest BCUT2D eigenvalue weighted by Gasteiger charge is -2.10. The third-order valence-corrected chi connectivity index (χ3v) is 4.22. The van der Waals surface area contributed by atoms with Gasteiger partial charge in [-0.05, 0) is 43.9 Å². The minimum absolute atomic E-state index is 0.165. The van der Waals surface area contributed by atoms with Crippen molar-refractivity contribution in [3.8, 4) is 5.75 Å². The van der Waals surface area contributed by atoms with E-state index in [0.29, 0.717) is 18.0 Å². The number of amides is 1. The lowest BCUT2D eigenvalue weighted by molar-refractivity contribution is 0.102. The first-order valence-electron chi connectivity index (χ1n) is 8.65. The van der Waals surface area contributed by atoms with Gasteiger partial charge in [0.05, 0.1) is 6.61 Å². The van der Waals surface area contributed by atoms with Crippen LogP contribution in [0.3, 0.4) is 0 Å². The lowest BCUT2D eigenvalue weighted by Crippen LogP contribution is -2.15. The van der Waals surface area contributed by atoms with Crippen molar-refractivity contribution in [2.45, 2.75) is 45.4 Å². The van der Waals surface area contributed by atoms with Crippen LogP contribution in [-0.2, 0) is 12.8 Å². The van der Waals surface area contributed by atoms with Gasteiger partial charge < -0.3 is 10.1 Å². The van der Waals surface area contributed by atoms with Gasteiger partial charge in [-0.15, -0.1) is 0 Å². The molecule has 1 aromatic carbocycles. The number of rotatable bonds is 7. The van der Waals surface area contributed by atoms with Crippen LogP contribution in [0, 0.1) is 0 Å². The number of aryl methyl sites for hydroxylation is 1. The zero-order valence-corrected chi connectivity index (χ0v) is 14.0. The molecule has 0 bridgehead atoms. The van der Waals surface area contributed by atoms with Gasteiger partial charge in [0.25, 0.3) is 5.91 Å². The van der Waals surface area contributed by atoms with E-state index in [0.717, 1.165) is 55.5 Å². The maximum absolute atomic E-state index is 12.5. The molecule has 0 fully saturated rings. The molecule has 1 amide bonds. The van der Waals surface area contributed by atoms with Crippen LogP contribution in [0.2, 0.25) is 0 Å². The fraction of sp³-hybridized carbons (Fsp3) is 0.421. The van der Waals surface area contributed by atoms with Gasteiger partial charge >= 0.3 is 0 Å². The van der Waals surface area contributed by atoms with Crippen molar-refractivity contribution in [2.75, 3.05) is 11.9 Å². The van der Waals surface area contributed by atoms with Crippen LogP contribution < -0.4 is 10.1 Å². The standard InChI is InChI=1S/C19H23N3O2/c1-2-3-4-11-24-15-8-5-7-14(12-15)19(23)22-18-16-9-6-10-17(16)20-13-21-18/h5,7-8,12-13H,2-4,6,9-11H2,1H3,(H,20,21,22,23). The summed E-state index contributed by atoms with van der Waals surface area (Å²) in [4.78, 5) is 21.0. The molecular weight excluding hydrogens is 302 g/mol. The highest BCUT2D eigenvalue weighted by molar-refractivity contribution is 6.04. The topological polar surface area (TPSA) is 64.1 Å². The Morgan fingerprint density at radius 1 is 1.25 bits per heavy atom. The lowest BCUT2D eigenvalue weighted by atomic mass is 10.2. The summed E-state index contributed by atoms with van der Waals surface area (Å²) in [7, 11) is 0. The molecule has 1 aliphatic rings. The summed E-state index contributed by atoms with van der Waals surface area (Å²) in [5.41, 5.74) is 2.69. The summed E-state index contributed by atoms with van der Waals surface area (Å²) in [5, 5.41) is 2.92. The molecule has 0 saturated heterocycles. The van der Waals surface area contributed by atoms with Crippen LogP contribution in [0.5, 0.6) is 5.75 Å². The molecule has 126 valence electrons. The van der Waals surface area contributed by atoms with Crippen molar-refractivity contribution in [3.63, 3.8) is 0 Å². The Morgan fingerprint density at radius 2 is 2.17 bits per heavy atom. The van der Waals surface area contributed by atoms with Crippen LogP contribution in [0.1, 0.15) is 54.2 Å². The first-order valence-corrected chi connectivity index (χ1v) is 8.65. The van der Waals surface area contributed by atoms with E-state index in [1.54, 1.807) is 12.1 Å². The summed E-state index contributed by atoms with van der Waals surface area (Å²) in [6.45, 7) is 2.84. The molecule has 0 aliphatic heterocycles. The van der Waals surface area contributed by atoms with Crippen molar-refractivity contribution in [1.29, 1.82) is 0 Å². The molecule has 1 heterocycles. The van der Waals surface area contributed by atoms with E-state index >= 15 is 0 Å². The molecule has 2 aromatic rings. The Bertz CT molecular complexity index is 716. The van der Waals surface area contributed by atoms with Crippen molar-refractivity contribution in [1.82, 2.24) is 9.97 Å². The number of anilines is 1. The molecule has 0 saturated carbocycles. The highest BCUT2D eigenvalue weighted by Gasteiger charge is 2.19. The van der Waals surface area contributed by atoms with Crippen LogP contribution in [0.15, 0.2) is 30.6 Å². The van der Waals surface area contributed by atoms with Crippen LogP contribution >= 0.6 is 0 Å². The summed E-state index contributed by atoms with van der Waals surface area (Å²) >= 11 is 0. The van der Waals surface area contributed by atoms with E-state index in [4.69, 9.17) is 4.74 Å². The van der Waals surface area contributed by atoms with Gasteiger partial charge in [0.1, 0.15) is 17.9 Å². The quantitative estimate of drug-likeness (QED) is 0.787.